The van der Waals surface area contributed by atoms with Crippen LogP contribution in [0.5, 0.6) is 0 Å². The molecule has 0 radical (unpaired) electrons. The van der Waals surface area contributed by atoms with Crippen molar-refractivity contribution < 1.29 is 4.39 Å². The van der Waals surface area contributed by atoms with Crippen molar-refractivity contribution in [3.05, 3.63) is 35.6 Å². The van der Waals surface area contributed by atoms with E-state index in [4.69, 9.17) is 0 Å². The first-order valence-corrected chi connectivity index (χ1v) is 7.17. The fraction of sp³-hybridized carbons (Fsp3) is 0.625. The van der Waals surface area contributed by atoms with Gasteiger partial charge in [0.2, 0.25) is 0 Å². The Morgan fingerprint density at radius 3 is 2.78 bits per heavy atom. The number of rotatable bonds is 7. The first-order valence-electron chi connectivity index (χ1n) is 7.17. The molecule has 0 amide bonds. The monoisotopic (exact) mass is 249 g/mol. The second-order valence-electron chi connectivity index (χ2n) is 5.66. The van der Waals surface area contributed by atoms with Crippen molar-refractivity contribution in [2.45, 2.75) is 45.6 Å². The molecule has 18 heavy (non-hydrogen) atoms. The van der Waals surface area contributed by atoms with Crippen LogP contribution in [0, 0.1) is 17.7 Å². The summed E-state index contributed by atoms with van der Waals surface area (Å²) in [7, 11) is 0. The number of halogens is 1. The molecular weight excluding hydrogens is 225 g/mol. The SMILES string of the molecule is CCC(C)C(CNC1CC1)Cc1cccc(F)c1. The van der Waals surface area contributed by atoms with Crippen LogP contribution in [0.25, 0.3) is 0 Å². The Balaban J connectivity index is 1.94. The van der Waals surface area contributed by atoms with E-state index in [9.17, 15) is 4.39 Å². The van der Waals surface area contributed by atoms with Crippen LogP contribution < -0.4 is 5.32 Å². The van der Waals surface area contributed by atoms with Crippen LogP contribution >= 0.6 is 0 Å². The molecule has 1 N–H and O–H groups in total. The summed E-state index contributed by atoms with van der Waals surface area (Å²) >= 11 is 0. The maximum absolute atomic E-state index is 13.2. The zero-order chi connectivity index (χ0) is 13.0. The van der Waals surface area contributed by atoms with Gasteiger partial charge in [-0.15, -0.1) is 0 Å². The highest BCUT2D eigenvalue weighted by Crippen LogP contribution is 2.23. The topological polar surface area (TPSA) is 12.0 Å². The highest BCUT2D eigenvalue weighted by molar-refractivity contribution is 5.17. The quantitative estimate of drug-likeness (QED) is 0.775. The molecule has 100 valence electrons. The molecule has 0 heterocycles. The third kappa shape index (κ3) is 4.09. The van der Waals surface area contributed by atoms with Crippen LogP contribution in [0.3, 0.4) is 0 Å². The minimum atomic E-state index is -0.120. The van der Waals surface area contributed by atoms with E-state index in [1.54, 1.807) is 6.07 Å². The molecule has 1 saturated carbocycles. The summed E-state index contributed by atoms with van der Waals surface area (Å²) in [5, 5.41) is 3.61. The summed E-state index contributed by atoms with van der Waals surface area (Å²) < 4.78 is 13.2. The highest BCUT2D eigenvalue weighted by atomic mass is 19.1. The summed E-state index contributed by atoms with van der Waals surface area (Å²) in [6.45, 7) is 5.61. The Morgan fingerprint density at radius 2 is 2.17 bits per heavy atom. The lowest BCUT2D eigenvalue weighted by Crippen LogP contribution is -2.30. The molecule has 0 aromatic heterocycles. The predicted octanol–water partition coefficient (Wildman–Crippen LogP) is 3.78. The Labute approximate surface area is 110 Å². The first kappa shape index (κ1) is 13.5. The number of benzene rings is 1. The third-order valence-corrected chi connectivity index (χ3v) is 4.08. The fourth-order valence-electron chi connectivity index (χ4n) is 2.38. The van der Waals surface area contributed by atoms with E-state index >= 15 is 0 Å². The van der Waals surface area contributed by atoms with Crippen LogP contribution in [0.4, 0.5) is 4.39 Å². The average molecular weight is 249 g/mol. The van der Waals surface area contributed by atoms with Gasteiger partial charge in [0.05, 0.1) is 0 Å². The van der Waals surface area contributed by atoms with E-state index in [0.717, 1.165) is 24.6 Å². The van der Waals surface area contributed by atoms with E-state index in [2.05, 4.69) is 19.2 Å². The van der Waals surface area contributed by atoms with Gasteiger partial charge in [0.15, 0.2) is 0 Å². The zero-order valence-corrected chi connectivity index (χ0v) is 11.5. The molecule has 0 aliphatic heterocycles. The summed E-state index contributed by atoms with van der Waals surface area (Å²) in [4.78, 5) is 0. The second kappa shape index (κ2) is 6.33. The van der Waals surface area contributed by atoms with E-state index in [1.165, 1.54) is 25.3 Å². The van der Waals surface area contributed by atoms with Gasteiger partial charge in [0.1, 0.15) is 5.82 Å². The van der Waals surface area contributed by atoms with Gasteiger partial charge in [0.25, 0.3) is 0 Å². The van der Waals surface area contributed by atoms with Gasteiger partial charge < -0.3 is 5.32 Å². The molecular formula is C16H24FN. The lowest BCUT2D eigenvalue weighted by Gasteiger charge is -2.23. The van der Waals surface area contributed by atoms with Gasteiger partial charge in [-0.3, -0.25) is 0 Å². The molecule has 2 rings (SSSR count). The van der Waals surface area contributed by atoms with Crippen LogP contribution in [0.1, 0.15) is 38.7 Å². The van der Waals surface area contributed by atoms with E-state index in [0.29, 0.717) is 11.8 Å². The van der Waals surface area contributed by atoms with Crippen molar-refractivity contribution >= 4 is 0 Å². The maximum atomic E-state index is 13.2. The van der Waals surface area contributed by atoms with Crippen LogP contribution in [-0.4, -0.2) is 12.6 Å². The van der Waals surface area contributed by atoms with Crippen molar-refractivity contribution in [1.82, 2.24) is 5.32 Å². The molecule has 0 saturated heterocycles. The van der Waals surface area contributed by atoms with Crippen LogP contribution in [-0.2, 0) is 6.42 Å². The summed E-state index contributed by atoms with van der Waals surface area (Å²) in [5.74, 6) is 1.17. The number of hydrogen-bond acceptors (Lipinski definition) is 1. The Morgan fingerprint density at radius 1 is 1.39 bits per heavy atom. The molecule has 1 aliphatic carbocycles. The average Bonchev–Trinajstić information content (AvgIpc) is 3.17. The lowest BCUT2D eigenvalue weighted by atomic mass is 9.86. The first-order chi connectivity index (χ1) is 8.69. The lowest BCUT2D eigenvalue weighted by molar-refractivity contribution is 0.328. The third-order valence-electron chi connectivity index (χ3n) is 4.08. The zero-order valence-electron chi connectivity index (χ0n) is 11.5. The molecule has 1 aliphatic rings. The number of nitrogens with one attached hydrogen (secondary N) is 1. The summed E-state index contributed by atoms with van der Waals surface area (Å²) in [6, 6.07) is 7.79. The van der Waals surface area contributed by atoms with Crippen molar-refractivity contribution in [3.8, 4) is 0 Å². The highest BCUT2D eigenvalue weighted by Gasteiger charge is 2.23. The van der Waals surface area contributed by atoms with E-state index in [-0.39, 0.29) is 5.82 Å². The van der Waals surface area contributed by atoms with Gasteiger partial charge in [-0.1, -0.05) is 32.4 Å². The van der Waals surface area contributed by atoms with Crippen molar-refractivity contribution in [1.29, 1.82) is 0 Å². The van der Waals surface area contributed by atoms with Gasteiger partial charge in [-0.25, -0.2) is 4.39 Å². The smallest absolute Gasteiger partial charge is 0.123 e. The van der Waals surface area contributed by atoms with Crippen molar-refractivity contribution in [2.24, 2.45) is 11.8 Å². The molecule has 1 nitrogen and oxygen atoms in total. The molecule has 2 heteroatoms. The van der Waals surface area contributed by atoms with Crippen LogP contribution in [0.15, 0.2) is 24.3 Å². The van der Waals surface area contributed by atoms with Crippen molar-refractivity contribution in [2.75, 3.05) is 6.54 Å². The standard InChI is InChI=1S/C16H24FN/c1-3-12(2)14(11-18-16-7-8-16)9-13-5-4-6-15(17)10-13/h4-6,10,12,14,16,18H,3,7-9,11H2,1-2H3. The molecule has 1 aromatic rings. The molecule has 2 atom stereocenters. The minimum absolute atomic E-state index is 0.120. The number of hydrogen-bond donors (Lipinski definition) is 1. The van der Waals surface area contributed by atoms with E-state index in [1.807, 2.05) is 12.1 Å². The van der Waals surface area contributed by atoms with E-state index < -0.39 is 0 Å². The fourth-order valence-corrected chi connectivity index (χ4v) is 2.38. The van der Waals surface area contributed by atoms with Crippen LogP contribution in [0.2, 0.25) is 0 Å². The maximum Gasteiger partial charge on any atom is 0.123 e. The van der Waals surface area contributed by atoms with Crippen molar-refractivity contribution in [3.63, 3.8) is 0 Å². The Hall–Kier alpha value is -0.890. The van der Waals surface area contributed by atoms with Gasteiger partial charge in [-0.2, -0.15) is 0 Å². The largest absolute Gasteiger partial charge is 0.314 e. The molecule has 0 spiro atoms. The van der Waals surface area contributed by atoms with Gasteiger partial charge in [-0.05, 0) is 55.3 Å². The molecule has 1 aromatic carbocycles. The Kier molecular flexibility index (Phi) is 4.76. The normalized spacial score (nSPS) is 18.6. The second-order valence-corrected chi connectivity index (χ2v) is 5.66. The van der Waals surface area contributed by atoms with Gasteiger partial charge >= 0.3 is 0 Å². The molecule has 0 bridgehead atoms. The molecule has 1 fully saturated rings. The summed E-state index contributed by atoms with van der Waals surface area (Å²) in [6.07, 6.45) is 4.82. The predicted molar refractivity (Wildman–Crippen MR) is 74.1 cm³/mol. The molecule has 2 unspecified atom stereocenters. The Bertz CT molecular complexity index is 373. The summed E-state index contributed by atoms with van der Waals surface area (Å²) in [5.41, 5.74) is 1.12. The van der Waals surface area contributed by atoms with Gasteiger partial charge in [0, 0.05) is 6.04 Å². The minimum Gasteiger partial charge on any atom is -0.314 e.